The Kier molecular flexibility index (Phi) is 3.79. The molecule has 2 aliphatic carbocycles. The second kappa shape index (κ2) is 5.54. The number of aryl methyl sites for hydroxylation is 1. The minimum atomic E-state index is 0.178. The molecule has 102 valence electrons. The molecule has 2 aliphatic rings. The van der Waals surface area contributed by atoms with Crippen LogP contribution in [0.4, 0.5) is 0 Å². The number of amides is 1. The van der Waals surface area contributed by atoms with Gasteiger partial charge in [-0.3, -0.25) is 4.79 Å². The quantitative estimate of drug-likeness (QED) is 0.895. The molecule has 0 aliphatic heterocycles. The lowest BCUT2D eigenvalue weighted by Crippen LogP contribution is -2.38. The minimum Gasteiger partial charge on any atom is -0.353 e. The fraction of sp³-hybridized carbons (Fsp3) is 0.562. The first-order valence-electron chi connectivity index (χ1n) is 7.25. The number of fused-ring (bicyclic) bond motifs is 2. The van der Waals surface area contributed by atoms with Crippen LogP contribution in [-0.4, -0.2) is 11.9 Å². The third kappa shape index (κ3) is 2.94. The molecule has 0 saturated heterocycles. The number of hydrogen-bond donors (Lipinski definition) is 1. The number of rotatable bonds is 4. The molecule has 19 heavy (non-hydrogen) atoms. The van der Waals surface area contributed by atoms with Crippen molar-refractivity contribution < 1.29 is 4.79 Å². The molecule has 0 radical (unpaired) electrons. The first kappa shape index (κ1) is 13.0. The van der Waals surface area contributed by atoms with Crippen molar-refractivity contribution in [3.8, 4) is 0 Å². The van der Waals surface area contributed by atoms with Crippen LogP contribution >= 0.6 is 11.6 Å². The lowest BCUT2D eigenvalue weighted by Gasteiger charge is -2.22. The van der Waals surface area contributed by atoms with Crippen molar-refractivity contribution in [3.63, 3.8) is 0 Å². The van der Waals surface area contributed by atoms with Crippen molar-refractivity contribution in [1.29, 1.82) is 0 Å². The lowest BCUT2D eigenvalue weighted by molar-refractivity contribution is -0.122. The average Bonchev–Trinajstić information content (AvgIpc) is 3.00. The molecule has 2 bridgehead atoms. The molecule has 0 heterocycles. The fourth-order valence-corrected chi connectivity index (χ4v) is 3.88. The highest BCUT2D eigenvalue weighted by atomic mass is 35.5. The van der Waals surface area contributed by atoms with E-state index in [9.17, 15) is 4.79 Å². The summed E-state index contributed by atoms with van der Waals surface area (Å²) in [7, 11) is 0. The Labute approximate surface area is 119 Å². The topological polar surface area (TPSA) is 29.1 Å². The van der Waals surface area contributed by atoms with E-state index in [1.165, 1.54) is 25.7 Å². The maximum absolute atomic E-state index is 12.0. The lowest BCUT2D eigenvalue weighted by atomic mass is 9.95. The minimum absolute atomic E-state index is 0.178. The van der Waals surface area contributed by atoms with Crippen LogP contribution in [0.15, 0.2) is 24.3 Å². The van der Waals surface area contributed by atoms with Crippen molar-refractivity contribution in [2.75, 3.05) is 0 Å². The normalized spacial score (nSPS) is 28.6. The third-order valence-corrected chi connectivity index (χ3v) is 5.03. The molecule has 3 heteroatoms. The second-order valence-corrected chi connectivity index (χ2v) is 6.35. The molecule has 0 aromatic heterocycles. The van der Waals surface area contributed by atoms with Crippen molar-refractivity contribution in [2.24, 2.45) is 11.8 Å². The van der Waals surface area contributed by atoms with Gasteiger partial charge in [-0.15, -0.1) is 0 Å². The van der Waals surface area contributed by atoms with Gasteiger partial charge in [-0.25, -0.2) is 0 Å². The Balaban J connectivity index is 1.48. The molecule has 1 N–H and O–H groups in total. The first-order valence-corrected chi connectivity index (χ1v) is 7.63. The molecular weight excluding hydrogens is 258 g/mol. The fourth-order valence-electron chi connectivity index (χ4n) is 3.65. The predicted molar refractivity (Wildman–Crippen MR) is 77.2 cm³/mol. The van der Waals surface area contributed by atoms with Gasteiger partial charge in [0.1, 0.15) is 0 Å². The summed E-state index contributed by atoms with van der Waals surface area (Å²) in [5.41, 5.74) is 1.06. The van der Waals surface area contributed by atoms with Crippen molar-refractivity contribution in [2.45, 2.75) is 44.6 Å². The van der Waals surface area contributed by atoms with E-state index < -0.39 is 0 Å². The summed E-state index contributed by atoms with van der Waals surface area (Å²) in [6, 6.07) is 8.20. The smallest absolute Gasteiger partial charge is 0.220 e. The van der Waals surface area contributed by atoms with E-state index in [1.807, 2.05) is 24.3 Å². The van der Waals surface area contributed by atoms with E-state index in [-0.39, 0.29) is 5.91 Å². The van der Waals surface area contributed by atoms with Gasteiger partial charge >= 0.3 is 0 Å². The van der Waals surface area contributed by atoms with Gasteiger partial charge in [0.15, 0.2) is 0 Å². The molecular formula is C16H20ClNO. The summed E-state index contributed by atoms with van der Waals surface area (Å²) in [6.07, 6.45) is 6.47. The van der Waals surface area contributed by atoms with Gasteiger partial charge in [0.2, 0.25) is 5.91 Å². The van der Waals surface area contributed by atoms with Crippen molar-refractivity contribution >= 4 is 17.5 Å². The number of nitrogens with one attached hydrogen (secondary N) is 1. The summed E-state index contributed by atoms with van der Waals surface area (Å²) in [5.74, 6) is 1.80. The van der Waals surface area contributed by atoms with Gasteiger partial charge in [0.25, 0.3) is 0 Å². The largest absolute Gasteiger partial charge is 0.353 e. The highest BCUT2D eigenvalue weighted by molar-refractivity contribution is 6.31. The highest BCUT2D eigenvalue weighted by Gasteiger charge is 2.39. The van der Waals surface area contributed by atoms with E-state index in [4.69, 9.17) is 11.6 Å². The predicted octanol–water partition coefficient (Wildman–Crippen LogP) is 3.58. The average molecular weight is 278 g/mol. The summed E-state index contributed by atoms with van der Waals surface area (Å²) in [4.78, 5) is 12.0. The summed E-state index contributed by atoms with van der Waals surface area (Å²) >= 11 is 6.10. The number of hydrogen-bond acceptors (Lipinski definition) is 1. The SMILES string of the molecule is O=C(CCc1ccccc1Cl)N[C@@H]1C[C@H]2CC[C@H]1C2. The number of carbonyl (C=O) groups is 1. The molecule has 0 unspecified atom stereocenters. The molecule has 2 fully saturated rings. The third-order valence-electron chi connectivity index (χ3n) is 4.66. The highest BCUT2D eigenvalue weighted by Crippen LogP contribution is 2.44. The van der Waals surface area contributed by atoms with Gasteiger partial charge < -0.3 is 5.32 Å². The van der Waals surface area contributed by atoms with E-state index in [1.54, 1.807) is 0 Å². The van der Waals surface area contributed by atoms with E-state index >= 15 is 0 Å². The zero-order chi connectivity index (χ0) is 13.2. The Bertz CT molecular complexity index is 474. The summed E-state index contributed by atoms with van der Waals surface area (Å²) < 4.78 is 0. The monoisotopic (exact) mass is 277 g/mol. The van der Waals surface area contributed by atoms with Gasteiger partial charge in [-0.2, -0.15) is 0 Å². The number of benzene rings is 1. The van der Waals surface area contributed by atoms with Gasteiger partial charge in [-0.05, 0) is 49.1 Å². The van der Waals surface area contributed by atoms with E-state index in [0.717, 1.165) is 28.8 Å². The van der Waals surface area contributed by atoms with Crippen LogP contribution in [0.1, 0.15) is 37.7 Å². The number of carbonyl (C=O) groups excluding carboxylic acids is 1. The van der Waals surface area contributed by atoms with Crippen LogP contribution in [0, 0.1) is 11.8 Å². The molecule has 3 rings (SSSR count). The Morgan fingerprint density at radius 1 is 1.26 bits per heavy atom. The van der Waals surface area contributed by atoms with Crippen LogP contribution in [0.3, 0.4) is 0 Å². The maximum Gasteiger partial charge on any atom is 0.220 e. The molecule has 0 spiro atoms. The Hall–Kier alpha value is -1.02. The standard InChI is InChI=1S/C16H20ClNO/c17-14-4-2-1-3-12(14)7-8-16(19)18-15-10-11-5-6-13(15)9-11/h1-4,11,13,15H,5-10H2,(H,18,19)/t11-,13-,15+/m0/s1. The van der Waals surface area contributed by atoms with Crippen LogP contribution in [0.25, 0.3) is 0 Å². The zero-order valence-electron chi connectivity index (χ0n) is 11.1. The van der Waals surface area contributed by atoms with Crippen LogP contribution < -0.4 is 5.32 Å². The van der Waals surface area contributed by atoms with E-state index in [0.29, 0.717) is 12.5 Å². The summed E-state index contributed by atoms with van der Waals surface area (Å²) in [6.45, 7) is 0. The van der Waals surface area contributed by atoms with Crippen molar-refractivity contribution in [3.05, 3.63) is 34.9 Å². The van der Waals surface area contributed by atoms with Crippen molar-refractivity contribution in [1.82, 2.24) is 5.32 Å². The molecule has 1 aromatic carbocycles. The number of halogens is 1. The Morgan fingerprint density at radius 3 is 2.79 bits per heavy atom. The second-order valence-electron chi connectivity index (χ2n) is 5.94. The molecule has 3 atom stereocenters. The molecule has 2 saturated carbocycles. The molecule has 2 nitrogen and oxygen atoms in total. The summed E-state index contributed by atoms with van der Waals surface area (Å²) in [5, 5.41) is 3.98. The van der Waals surface area contributed by atoms with E-state index in [2.05, 4.69) is 5.32 Å². The molecule has 1 amide bonds. The Morgan fingerprint density at radius 2 is 2.11 bits per heavy atom. The maximum atomic E-state index is 12.0. The first-order chi connectivity index (χ1) is 9.22. The van der Waals surface area contributed by atoms with Crippen LogP contribution in [0.2, 0.25) is 5.02 Å². The van der Waals surface area contributed by atoms with Crippen LogP contribution in [-0.2, 0) is 11.2 Å². The van der Waals surface area contributed by atoms with Crippen LogP contribution in [0.5, 0.6) is 0 Å². The van der Waals surface area contributed by atoms with Gasteiger partial charge in [-0.1, -0.05) is 36.2 Å². The van der Waals surface area contributed by atoms with Gasteiger partial charge in [0.05, 0.1) is 0 Å². The van der Waals surface area contributed by atoms with Gasteiger partial charge in [0, 0.05) is 17.5 Å². The molecule has 1 aromatic rings. The zero-order valence-corrected chi connectivity index (χ0v) is 11.8.